The van der Waals surface area contributed by atoms with Crippen molar-refractivity contribution >= 4 is 38.8 Å². The van der Waals surface area contributed by atoms with E-state index in [1.807, 2.05) is 0 Å². The van der Waals surface area contributed by atoms with E-state index < -0.39 is 21.8 Å². The number of ether oxygens (including phenoxy) is 1. The molecule has 0 amide bonds. The summed E-state index contributed by atoms with van der Waals surface area (Å²) in [5.74, 6) is -1.13. The molecule has 0 bridgehead atoms. The first-order valence-electron chi connectivity index (χ1n) is 9.87. The summed E-state index contributed by atoms with van der Waals surface area (Å²) >= 11 is 0. The van der Waals surface area contributed by atoms with E-state index >= 15 is 0 Å². The van der Waals surface area contributed by atoms with Crippen LogP contribution in [0, 0.1) is 0 Å². The van der Waals surface area contributed by atoms with Crippen LogP contribution in [0.4, 0.5) is 0 Å². The molecule has 8 heteroatoms. The summed E-state index contributed by atoms with van der Waals surface area (Å²) in [5.41, 5.74) is 1.09. The molecule has 0 aliphatic carbocycles. The molecule has 0 spiro atoms. The number of carboxylic acid groups (broad SMARTS) is 1. The third kappa shape index (κ3) is 4.28. The molecule has 0 saturated carbocycles. The molecule has 0 aliphatic heterocycles. The molecule has 1 heterocycles. The monoisotopic (exact) mass is 461 g/mol. The number of fused-ring (bicyclic) bond motifs is 1. The Morgan fingerprint density at radius 2 is 1.70 bits per heavy atom. The zero-order chi connectivity index (χ0) is 23.6. The number of carbonyl (C=O) groups excluding carboxylic acids is 1. The van der Waals surface area contributed by atoms with Gasteiger partial charge < -0.3 is 9.84 Å². The number of benzene rings is 3. The topological polar surface area (TPSA) is 103 Å². The van der Waals surface area contributed by atoms with E-state index in [0.29, 0.717) is 22.2 Å². The van der Waals surface area contributed by atoms with Gasteiger partial charge in [0.2, 0.25) is 5.78 Å². The van der Waals surface area contributed by atoms with Gasteiger partial charge in [0.15, 0.2) is 0 Å². The number of aliphatic carboxylic acids is 1. The summed E-state index contributed by atoms with van der Waals surface area (Å²) in [6.07, 6.45) is 2.38. The number of carboxylic acids is 1. The maximum Gasteiger partial charge on any atom is 0.328 e. The fourth-order valence-corrected chi connectivity index (χ4v) is 5.04. The van der Waals surface area contributed by atoms with E-state index in [1.54, 1.807) is 60.7 Å². The first-order chi connectivity index (χ1) is 15.8. The molecule has 4 aromatic rings. The van der Waals surface area contributed by atoms with Crippen molar-refractivity contribution in [2.24, 2.45) is 0 Å². The van der Waals surface area contributed by atoms with Crippen LogP contribution in [-0.4, -0.2) is 36.4 Å². The predicted molar refractivity (Wildman–Crippen MR) is 124 cm³/mol. The molecular weight excluding hydrogens is 442 g/mol. The van der Waals surface area contributed by atoms with E-state index in [2.05, 4.69) is 0 Å². The van der Waals surface area contributed by atoms with Crippen LogP contribution in [0.15, 0.2) is 89.8 Å². The average Bonchev–Trinajstić information content (AvgIpc) is 3.22. The van der Waals surface area contributed by atoms with Gasteiger partial charge in [-0.3, -0.25) is 4.79 Å². The van der Waals surface area contributed by atoms with Gasteiger partial charge in [-0.2, -0.15) is 0 Å². The Labute approximate surface area is 190 Å². The molecule has 3 aromatic carbocycles. The van der Waals surface area contributed by atoms with Crippen molar-refractivity contribution in [2.45, 2.75) is 4.90 Å². The van der Waals surface area contributed by atoms with Gasteiger partial charge in [-0.1, -0.05) is 36.4 Å². The molecular formula is C25H19NO6S. The van der Waals surface area contributed by atoms with Crippen LogP contribution in [0.3, 0.4) is 0 Å². The van der Waals surface area contributed by atoms with Crippen LogP contribution >= 0.6 is 0 Å². The van der Waals surface area contributed by atoms with Gasteiger partial charge in [-0.05, 0) is 54.1 Å². The second kappa shape index (κ2) is 8.76. The molecule has 1 N–H and O–H groups in total. The van der Waals surface area contributed by atoms with Gasteiger partial charge in [0, 0.05) is 17.0 Å². The highest BCUT2D eigenvalue weighted by molar-refractivity contribution is 7.90. The van der Waals surface area contributed by atoms with E-state index in [9.17, 15) is 18.0 Å². The summed E-state index contributed by atoms with van der Waals surface area (Å²) in [6, 6.07) is 20.6. The standard InChI is InChI=1S/C25H19NO6S/c1-32-20-7-5-6-18(15-20)25(29)23-16-19-14-17(11-13-24(27)28)10-12-22(19)26(23)33(30,31)21-8-3-2-4-9-21/h2-16H,1H3,(H,27,28)/b13-11+. The van der Waals surface area contributed by atoms with Gasteiger partial charge in [0.1, 0.15) is 11.4 Å². The number of rotatable bonds is 7. The van der Waals surface area contributed by atoms with Crippen LogP contribution in [0.25, 0.3) is 17.0 Å². The fourth-order valence-electron chi connectivity index (χ4n) is 3.51. The summed E-state index contributed by atoms with van der Waals surface area (Å²) in [7, 11) is -2.63. The smallest absolute Gasteiger partial charge is 0.328 e. The number of nitrogens with zero attached hydrogens (tertiary/aromatic N) is 1. The third-order valence-electron chi connectivity index (χ3n) is 5.05. The minimum atomic E-state index is -4.11. The van der Waals surface area contributed by atoms with Gasteiger partial charge in [0.05, 0.1) is 17.5 Å². The number of methoxy groups -OCH3 is 1. The molecule has 0 radical (unpaired) electrons. The first kappa shape index (κ1) is 22.0. The molecule has 0 fully saturated rings. The highest BCUT2D eigenvalue weighted by atomic mass is 32.2. The summed E-state index contributed by atoms with van der Waals surface area (Å²) in [6.45, 7) is 0. The quantitative estimate of drug-likeness (QED) is 0.327. The van der Waals surface area contributed by atoms with Gasteiger partial charge in [0.25, 0.3) is 10.0 Å². The molecule has 1 aromatic heterocycles. The zero-order valence-electron chi connectivity index (χ0n) is 17.5. The normalized spacial score (nSPS) is 11.7. The van der Waals surface area contributed by atoms with E-state index in [1.165, 1.54) is 31.4 Å². The molecule has 0 unspecified atom stereocenters. The molecule has 7 nitrogen and oxygen atoms in total. The summed E-state index contributed by atoms with van der Waals surface area (Å²) < 4.78 is 33.4. The van der Waals surface area contributed by atoms with Crippen molar-refractivity contribution in [1.82, 2.24) is 3.97 Å². The average molecular weight is 461 g/mol. The highest BCUT2D eigenvalue weighted by Crippen LogP contribution is 2.29. The third-order valence-corrected chi connectivity index (χ3v) is 6.79. The van der Waals surface area contributed by atoms with Gasteiger partial charge in [-0.25, -0.2) is 17.2 Å². The minimum absolute atomic E-state index is 0.0389. The lowest BCUT2D eigenvalue weighted by molar-refractivity contribution is -0.131. The Bertz CT molecular complexity index is 1500. The maximum atomic E-state index is 13.6. The van der Waals surface area contributed by atoms with Crippen molar-refractivity contribution in [3.05, 3.63) is 102 Å². The van der Waals surface area contributed by atoms with E-state index in [0.717, 1.165) is 10.0 Å². The molecule has 33 heavy (non-hydrogen) atoms. The Kier molecular flexibility index (Phi) is 5.85. The Morgan fingerprint density at radius 3 is 2.39 bits per heavy atom. The molecule has 0 aliphatic rings. The minimum Gasteiger partial charge on any atom is -0.497 e. The fraction of sp³-hybridized carbons (Fsp3) is 0.0400. The van der Waals surface area contributed by atoms with Gasteiger partial charge in [-0.15, -0.1) is 0 Å². The van der Waals surface area contributed by atoms with Crippen molar-refractivity contribution in [1.29, 1.82) is 0 Å². The number of aromatic nitrogens is 1. The largest absolute Gasteiger partial charge is 0.497 e. The molecule has 0 atom stereocenters. The number of ketones is 1. The summed E-state index contributed by atoms with van der Waals surface area (Å²) in [5, 5.41) is 9.37. The van der Waals surface area contributed by atoms with Crippen LogP contribution in [0.5, 0.6) is 5.75 Å². The molecule has 166 valence electrons. The lowest BCUT2D eigenvalue weighted by Gasteiger charge is -2.12. The second-order valence-corrected chi connectivity index (χ2v) is 8.95. The van der Waals surface area contributed by atoms with Crippen molar-refractivity contribution in [2.75, 3.05) is 7.11 Å². The molecule has 4 rings (SSSR count). The van der Waals surface area contributed by atoms with Gasteiger partial charge >= 0.3 is 5.97 Å². The zero-order valence-corrected chi connectivity index (χ0v) is 18.3. The van der Waals surface area contributed by atoms with Crippen LogP contribution in [-0.2, 0) is 14.8 Å². The van der Waals surface area contributed by atoms with Crippen molar-refractivity contribution in [3.63, 3.8) is 0 Å². The lowest BCUT2D eigenvalue weighted by atomic mass is 10.1. The predicted octanol–water partition coefficient (Wildman–Crippen LogP) is 4.22. The van der Waals surface area contributed by atoms with E-state index in [4.69, 9.17) is 9.84 Å². The number of carbonyl (C=O) groups is 2. The number of hydrogen-bond donors (Lipinski definition) is 1. The second-order valence-electron chi connectivity index (χ2n) is 7.16. The van der Waals surface area contributed by atoms with Crippen LogP contribution < -0.4 is 4.74 Å². The summed E-state index contributed by atoms with van der Waals surface area (Å²) in [4.78, 5) is 24.3. The highest BCUT2D eigenvalue weighted by Gasteiger charge is 2.27. The maximum absolute atomic E-state index is 13.6. The van der Waals surface area contributed by atoms with Crippen LogP contribution in [0.2, 0.25) is 0 Å². The Morgan fingerprint density at radius 1 is 0.939 bits per heavy atom. The number of hydrogen-bond acceptors (Lipinski definition) is 5. The first-order valence-corrected chi connectivity index (χ1v) is 11.3. The van der Waals surface area contributed by atoms with Crippen molar-refractivity contribution < 1.29 is 27.9 Å². The van der Waals surface area contributed by atoms with Crippen molar-refractivity contribution in [3.8, 4) is 5.75 Å². The Balaban J connectivity index is 1.96. The van der Waals surface area contributed by atoms with Crippen LogP contribution in [0.1, 0.15) is 21.6 Å². The molecule has 0 saturated heterocycles. The Hall–Kier alpha value is -4.17. The SMILES string of the molecule is COc1cccc(C(=O)c2cc3cc(/C=C/C(=O)O)ccc3n2S(=O)(=O)c2ccccc2)c1. The lowest BCUT2D eigenvalue weighted by Crippen LogP contribution is -2.19. The van der Waals surface area contributed by atoms with E-state index in [-0.39, 0.29) is 16.2 Å².